The molecule has 0 fully saturated rings. The van der Waals surface area contributed by atoms with Crippen molar-refractivity contribution in [3.8, 4) is 0 Å². The molecule has 1 rings (SSSR count). The highest BCUT2D eigenvalue weighted by Gasteiger charge is 2.13. The average Bonchev–Trinajstić information content (AvgIpc) is 2.21. The van der Waals surface area contributed by atoms with Gasteiger partial charge in [0.2, 0.25) is 10.0 Å². The molecule has 0 aliphatic heterocycles. The Morgan fingerprint density at radius 1 is 1.38 bits per heavy atom. The van der Waals surface area contributed by atoms with Crippen LogP contribution in [-0.4, -0.2) is 22.0 Å². The Kier molecular flexibility index (Phi) is 4.73. The van der Waals surface area contributed by atoms with Gasteiger partial charge in [-0.25, -0.2) is 13.1 Å². The second-order valence-electron chi connectivity index (χ2n) is 3.28. The maximum atomic E-state index is 11.7. The molecule has 0 saturated carbocycles. The average molecular weight is 263 g/mol. The predicted octanol–water partition coefficient (Wildman–Crippen LogP) is 1.36. The molecule has 0 aromatic heterocycles. The van der Waals surface area contributed by atoms with Gasteiger partial charge in [0, 0.05) is 18.1 Å². The van der Waals surface area contributed by atoms with Crippen molar-refractivity contribution in [1.82, 2.24) is 10.0 Å². The van der Waals surface area contributed by atoms with Crippen molar-refractivity contribution in [2.75, 3.05) is 13.6 Å². The molecule has 4 nitrogen and oxygen atoms in total. The first kappa shape index (κ1) is 13.4. The van der Waals surface area contributed by atoms with Gasteiger partial charge in [0.25, 0.3) is 0 Å². The van der Waals surface area contributed by atoms with Gasteiger partial charge in [-0.2, -0.15) is 0 Å². The minimum atomic E-state index is -3.42. The highest BCUT2D eigenvalue weighted by atomic mass is 35.5. The fourth-order valence-electron chi connectivity index (χ4n) is 1.30. The molecule has 0 unspecified atom stereocenters. The molecule has 0 radical (unpaired) electrons. The first-order chi connectivity index (χ1) is 7.51. The summed E-state index contributed by atoms with van der Waals surface area (Å²) in [5.74, 6) is 0. The van der Waals surface area contributed by atoms with E-state index in [2.05, 4.69) is 10.0 Å². The Balaban J connectivity index is 3.06. The molecule has 16 heavy (non-hydrogen) atoms. The number of rotatable bonds is 5. The molecule has 0 bridgehead atoms. The third-order valence-electron chi connectivity index (χ3n) is 2.04. The Morgan fingerprint density at radius 3 is 2.56 bits per heavy atom. The molecule has 0 aliphatic rings. The molecule has 1 aromatic rings. The summed E-state index contributed by atoms with van der Waals surface area (Å²) in [7, 11) is -1.61. The van der Waals surface area contributed by atoms with Crippen LogP contribution in [0.3, 0.4) is 0 Å². The minimum absolute atomic E-state index is 0.194. The van der Waals surface area contributed by atoms with Gasteiger partial charge in [-0.05, 0) is 24.7 Å². The zero-order valence-corrected chi connectivity index (χ0v) is 10.8. The summed E-state index contributed by atoms with van der Waals surface area (Å²) < 4.78 is 25.8. The van der Waals surface area contributed by atoms with Gasteiger partial charge in [-0.3, -0.25) is 0 Å². The van der Waals surface area contributed by atoms with E-state index in [4.69, 9.17) is 11.6 Å². The van der Waals surface area contributed by atoms with Gasteiger partial charge in [0.05, 0.1) is 4.90 Å². The first-order valence-corrected chi connectivity index (χ1v) is 6.80. The van der Waals surface area contributed by atoms with E-state index >= 15 is 0 Å². The second kappa shape index (κ2) is 5.63. The molecule has 0 amide bonds. The highest BCUT2D eigenvalue weighted by Crippen LogP contribution is 2.20. The monoisotopic (exact) mass is 262 g/mol. The minimum Gasteiger partial charge on any atom is -0.316 e. The molecule has 0 spiro atoms. The maximum Gasteiger partial charge on any atom is 0.240 e. The molecule has 0 heterocycles. The molecule has 0 saturated heterocycles. The smallest absolute Gasteiger partial charge is 0.240 e. The first-order valence-electron chi connectivity index (χ1n) is 4.94. The summed E-state index contributed by atoms with van der Waals surface area (Å²) >= 11 is 5.98. The van der Waals surface area contributed by atoms with Crippen LogP contribution in [0.15, 0.2) is 23.1 Å². The Morgan fingerprint density at radius 2 is 2.06 bits per heavy atom. The van der Waals surface area contributed by atoms with Crippen LogP contribution in [0.1, 0.15) is 12.5 Å². The zero-order valence-electron chi connectivity index (χ0n) is 9.25. The van der Waals surface area contributed by atoms with Gasteiger partial charge < -0.3 is 5.32 Å². The summed E-state index contributed by atoms with van der Waals surface area (Å²) in [6, 6.07) is 4.73. The van der Waals surface area contributed by atoms with Crippen molar-refractivity contribution in [2.45, 2.75) is 18.4 Å². The normalized spacial score (nSPS) is 11.7. The lowest BCUT2D eigenvalue weighted by Gasteiger charge is -2.08. The quantitative estimate of drug-likeness (QED) is 0.842. The maximum absolute atomic E-state index is 11.7. The largest absolute Gasteiger partial charge is 0.316 e. The second-order valence-corrected chi connectivity index (χ2v) is 5.46. The van der Waals surface area contributed by atoms with Gasteiger partial charge in [-0.15, -0.1) is 0 Å². The van der Waals surface area contributed by atoms with E-state index in [1.54, 1.807) is 26.1 Å². The van der Waals surface area contributed by atoms with E-state index in [-0.39, 0.29) is 4.90 Å². The summed E-state index contributed by atoms with van der Waals surface area (Å²) in [5, 5.41) is 3.41. The molecule has 0 aliphatic carbocycles. The molecule has 2 N–H and O–H groups in total. The predicted molar refractivity (Wildman–Crippen MR) is 65.1 cm³/mol. The van der Waals surface area contributed by atoms with E-state index < -0.39 is 10.0 Å². The molecule has 90 valence electrons. The Hall–Kier alpha value is -0.620. The fourth-order valence-corrected chi connectivity index (χ4v) is 2.68. The van der Waals surface area contributed by atoms with Crippen LogP contribution in [0, 0.1) is 0 Å². The molecular formula is C10H15ClN2O2S. The van der Waals surface area contributed by atoms with Gasteiger partial charge in [0.15, 0.2) is 0 Å². The number of benzene rings is 1. The number of hydrogen-bond donors (Lipinski definition) is 2. The lowest BCUT2D eigenvalue weighted by atomic mass is 10.2. The number of halogens is 1. The third-order valence-corrected chi connectivity index (χ3v) is 3.93. The van der Waals surface area contributed by atoms with Crippen LogP contribution in [0.25, 0.3) is 0 Å². The molecule has 0 atom stereocenters. The van der Waals surface area contributed by atoms with E-state index in [9.17, 15) is 8.42 Å². The van der Waals surface area contributed by atoms with Crippen molar-refractivity contribution in [3.05, 3.63) is 28.8 Å². The fraction of sp³-hybridized carbons (Fsp3) is 0.400. The standard InChI is InChI=1S/C10H15ClN2O2S/c1-3-13-16(14,15)9-5-4-8(7-12-2)10(11)6-9/h4-6,12-13H,3,7H2,1-2H3. The van der Waals surface area contributed by atoms with Crippen LogP contribution in [0.2, 0.25) is 5.02 Å². The van der Waals surface area contributed by atoms with Gasteiger partial charge >= 0.3 is 0 Å². The zero-order chi connectivity index (χ0) is 12.2. The van der Waals surface area contributed by atoms with Crippen LogP contribution in [-0.2, 0) is 16.6 Å². The number of sulfonamides is 1. The van der Waals surface area contributed by atoms with E-state index in [0.29, 0.717) is 18.1 Å². The Bertz CT molecular complexity index is 460. The van der Waals surface area contributed by atoms with E-state index in [0.717, 1.165) is 5.56 Å². The highest BCUT2D eigenvalue weighted by molar-refractivity contribution is 7.89. The van der Waals surface area contributed by atoms with E-state index in [1.165, 1.54) is 6.07 Å². The molecule has 6 heteroatoms. The van der Waals surface area contributed by atoms with Crippen molar-refractivity contribution in [1.29, 1.82) is 0 Å². The van der Waals surface area contributed by atoms with Crippen molar-refractivity contribution >= 4 is 21.6 Å². The lowest BCUT2D eigenvalue weighted by molar-refractivity contribution is 0.584. The molecule has 1 aromatic carbocycles. The van der Waals surface area contributed by atoms with E-state index in [1.807, 2.05) is 0 Å². The SMILES string of the molecule is CCNS(=O)(=O)c1ccc(CNC)c(Cl)c1. The van der Waals surface area contributed by atoms with Gasteiger partial charge in [-0.1, -0.05) is 24.6 Å². The molecular weight excluding hydrogens is 248 g/mol. The Labute approximate surface area is 101 Å². The van der Waals surface area contributed by atoms with Crippen LogP contribution in [0.5, 0.6) is 0 Å². The van der Waals surface area contributed by atoms with Crippen LogP contribution >= 0.6 is 11.6 Å². The van der Waals surface area contributed by atoms with Crippen molar-refractivity contribution in [3.63, 3.8) is 0 Å². The van der Waals surface area contributed by atoms with Gasteiger partial charge in [0.1, 0.15) is 0 Å². The van der Waals surface area contributed by atoms with Crippen molar-refractivity contribution in [2.24, 2.45) is 0 Å². The lowest BCUT2D eigenvalue weighted by Crippen LogP contribution is -2.23. The summed E-state index contributed by atoms with van der Waals surface area (Å²) in [6.07, 6.45) is 0. The topological polar surface area (TPSA) is 58.2 Å². The number of nitrogens with one attached hydrogen (secondary N) is 2. The van der Waals surface area contributed by atoms with Crippen molar-refractivity contribution < 1.29 is 8.42 Å². The number of hydrogen-bond acceptors (Lipinski definition) is 3. The van der Waals surface area contributed by atoms with Crippen LogP contribution in [0.4, 0.5) is 0 Å². The van der Waals surface area contributed by atoms with Crippen LogP contribution < -0.4 is 10.0 Å². The summed E-state index contributed by atoms with van der Waals surface area (Å²) in [5.41, 5.74) is 0.875. The third kappa shape index (κ3) is 3.18. The summed E-state index contributed by atoms with van der Waals surface area (Å²) in [4.78, 5) is 0.194. The summed E-state index contributed by atoms with van der Waals surface area (Å²) in [6.45, 7) is 2.70.